The number of hydrogen-bond acceptors (Lipinski definition) is 5. The smallest absolute Gasteiger partial charge is 0.268 e. The Kier molecular flexibility index (Phi) is 5.82. The molecular weight excluding hydrogens is 260 g/mol. The Labute approximate surface area is 118 Å². The Morgan fingerprint density at radius 3 is 2.74 bits per heavy atom. The third kappa shape index (κ3) is 4.24. The molecule has 1 heterocycles. The van der Waals surface area contributed by atoms with Crippen LogP contribution in [0.3, 0.4) is 0 Å². The lowest BCUT2D eigenvalue weighted by atomic mass is 10.3. The monoisotopic (exact) mass is 282 g/mol. The Bertz CT molecular complexity index is 455. The molecule has 1 aromatic heterocycles. The molecule has 3 N–H and O–H groups in total. The number of carbonyl (C=O) groups is 1. The summed E-state index contributed by atoms with van der Waals surface area (Å²) in [6.07, 6.45) is 1.000. The number of nitrogen functional groups attached to an aromatic ring is 1. The molecular formula is C13H22N4OS. The summed E-state index contributed by atoms with van der Waals surface area (Å²) in [6, 6.07) is 0. The van der Waals surface area contributed by atoms with Crippen molar-refractivity contribution in [3.05, 3.63) is 17.0 Å². The van der Waals surface area contributed by atoms with E-state index in [1.54, 1.807) is 4.90 Å². The van der Waals surface area contributed by atoms with Crippen molar-refractivity contribution >= 4 is 28.2 Å². The summed E-state index contributed by atoms with van der Waals surface area (Å²) in [5.41, 5.74) is 6.77. The van der Waals surface area contributed by atoms with Gasteiger partial charge in [-0.15, -0.1) is 0 Å². The van der Waals surface area contributed by atoms with Gasteiger partial charge in [0.15, 0.2) is 5.13 Å². The van der Waals surface area contributed by atoms with Crippen molar-refractivity contribution in [2.75, 3.05) is 30.7 Å². The molecule has 0 bridgehead atoms. The van der Waals surface area contributed by atoms with Crippen LogP contribution in [-0.2, 0) is 0 Å². The second-order valence-corrected chi connectivity index (χ2v) is 5.44. The highest BCUT2D eigenvalue weighted by Gasteiger charge is 2.21. The minimum Gasteiger partial charge on any atom is -0.382 e. The van der Waals surface area contributed by atoms with Gasteiger partial charge in [0.1, 0.15) is 10.7 Å². The summed E-state index contributed by atoms with van der Waals surface area (Å²) in [7, 11) is 0. The van der Waals surface area contributed by atoms with Gasteiger partial charge < -0.3 is 16.0 Å². The molecule has 0 aliphatic carbocycles. The molecule has 5 nitrogen and oxygen atoms in total. The minimum absolute atomic E-state index is 0.0787. The Morgan fingerprint density at radius 1 is 1.53 bits per heavy atom. The van der Waals surface area contributed by atoms with Crippen molar-refractivity contribution in [1.29, 1.82) is 0 Å². The number of nitrogens with zero attached hydrogens (tertiary/aromatic N) is 2. The van der Waals surface area contributed by atoms with Gasteiger partial charge in [-0.05, 0) is 20.3 Å². The Hall–Kier alpha value is -1.56. The maximum absolute atomic E-state index is 12.4. The minimum atomic E-state index is -0.0787. The second kappa shape index (κ2) is 7.13. The first-order valence-corrected chi connectivity index (χ1v) is 7.25. The Morgan fingerprint density at radius 2 is 2.21 bits per heavy atom. The normalized spacial score (nSPS) is 10.3. The molecule has 106 valence electrons. The Balaban J connectivity index is 2.85. The fourth-order valence-electron chi connectivity index (χ4n) is 1.59. The fourth-order valence-corrected chi connectivity index (χ4v) is 2.47. The summed E-state index contributed by atoms with van der Waals surface area (Å²) in [4.78, 5) is 18.8. The molecule has 1 amide bonds. The lowest BCUT2D eigenvalue weighted by molar-refractivity contribution is 0.0784. The predicted molar refractivity (Wildman–Crippen MR) is 81.7 cm³/mol. The number of hydrogen-bond donors (Lipinski definition) is 2. The van der Waals surface area contributed by atoms with E-state index in [0.717, 1.165) is 18.5 Å². The molecule has 0 aliphatic heterocycles. The van der Waals surface area contributed by atoms with Crippen LogP contribution in [0.5, 0.6) is 0 Å². The van der Waals surface area contributed by atoms with Crippen molar-refractivity contribution < 1.29 is 4.79 Å². The number of amides is 1. The zero-order chi connectivity index (χ0) is 14.4. The number of nitrogens with two attached hydrogens (primary N) is 1. The quantitative estimate of drug-likeness (QED) is 0.754. The number of rotatable bonds is 7. The molecule has 0 fully saturated rings. The van der Waals surface area contributed by atoms with Gasteiger partial charge in [0.25, 0.3) is 5.91 Å². The van der Waals surface area contributed by atoms with Gasteiger partial charge in [0.2, 0.25) is 0 Å². The lowest BCUT2D eigenvalue weighted by Crippen LogP contribution is -2.32. The molecule has 0 aliphatic rings. The molecule has 0 saturated carbocycles. The molecule has 1 rings (SSSR count). The summed E-state index contributed by atoms with van der Waals surface area (Å²) in [5.74, 6) is 0.221. The number of nitrogens with one attached hydrogen (secondary N) is 1. The van der Waals surface area contributed by atoms with Gasteiger partial charge in [-0.3, -0.25) is 4.79 Å². The molecule has 6 heteroatoms. The van der Waals surface area contributed by atoms with Gasteiger partial charge in [0, 0.05) is 19.6 Å². The fraction of sp³-hybridized carbons (Fsp3) is 0.538. The summed E-state index contributed by atoms with van der Waals surface area (Å²) in [6.45, 7) is 11.7. The van der Waals surface area contributed by atoms with Gasteiger partial charge >= 0.3 is 0 Å². The molecule has 1 aromatic rings. The molecule has 0 spiro atoms. The van der Waals surface area contributed by atoms with Gasteiger partial charge in [-0.2, -0.15) is 0 Å². The zero-order valence-electron chi connectivity index (χ0n) is 11.8. The number of carbonyl (C=O) groups excluding carboxylic acids is 1. The van der Waals surface area contributed by atoms with Crippen LogP contribution in [0, 0.1) is 0 Å². The highest BCUT2D eigenvalue weighted by Crippen LogP contribution is 2.26. The second-order valence-electron chi connectivity index (χ2n) is 4.44. The van der Waals surface area contributed by atoms with E-state index in [9.17, 15) is 4.79 Å². The van der Waals surface area contributed by atoms with Crippen LogP contribution in [0.4, 0.5) is 10.9 Å². The molecule has 0 atom stereocenters. The zero-order valence-corrected chi connectivity index (χ0v) is 12.6. The van der Waals surface area contributed by atoms with Crippen LogP contribution in [0.1, 0.15) is 36.9 Å². The standard InChI is InChI=1S/C13H22N4OS/c1-5-7-15-13-16-11(14)10(19-13)12(18)17(6-2)8-9(3)4/h3,5-8,14H2,1-2,4H3,(H,15,16). The van der Waals surface area contributed by atoms with Crippen molar-refractivity contribution in [3.63, 3.8) is 0 Å². The lowest BCUT2D eigenvalue weighted by Gasteiger charge is -2.20. The van der Waals surface area contributed by atoms with Crippen LogP contribution >= 0.6 is 11.3 Å². The van der Waals surface area contributed by atoms with Gasteiger partial charge in [-0.25, -0.2) is 4.98 Å². The van der Waals surface area contributed by atoms with E-state index in [0.29, 0.717) is 28.9 Å². The van der Waals surface area contributed by atoms with E-state index in [-0.39, 0.29) is 5.91 Å². The van der Waals surface area contributed by atoms with Crippen molar-refractivity contribution in [2.24, 2.45) is 0 Å². The average Bonchev–Trinajstić information content (AvgIpc) is 2.73. The molecule has 0 unspecified atom stereocenters. The summed E-state index contributed by atoms with van der Waals surface area (Å²) < 4.78 is 0. The van der Waals surface area contributed by atoms with E-state index in [1.165, 1.54) is 11.3 Å². The van der Waals surface area contributed by atoms with Crippen LogP contribution in [0.25, 0.3) is 0 Å². The molecule has 0 radical (unpaired) electrons. The van der Waals surface area contributed by atoms with E-state index >= 15 is 0 Å². The highest BCUT2D eigenvalue weighted by atomic mass is 32.1. The largest absolute Gasteiger partial charge is 0.382 e. The number of anilines is 2. The third-order valence-electron chi connectivity index (χ3n) is 2.50. The van der Waals surface area contributed by atoms with Crippen LogP contribution < -0.4 is 11.1 Å². The first kappa shape index (κ1) is 15.5. The maximum Gasteiger partial charge on any atom is 0.268 e. The third-order valence-corrected chi connectivity index (χ3v) is 3.52. The summed E-state index contributed by atoms with van der Waals surface area (Å²) in [5, 5.41) is 3.85. The van der Waals surface area contributed by atoms with E-state index in [4.69, 9.17) is 5.73 Å². The van der Waals surface area contributed by atoms with E-state index in [1.807, 2.05) is 13.8 Å². The number of thiazole rings is 1. The predicted octanol–water partition coefficient (Wildman–Crippen LogP) is 2.59. The van der Waals surface area contributed by atoms with Crippen LogP contribution in [-0.4, -0.2) is 35.4 Å². The average molecular weight is 282 g/mol. The van der Waals surface area contributed by atoms with Crippen molar-refractivity contribution in [3.8, 4) is 0 Å². The first-order chi connectivity index (χ1) is 8.99. The van der Waals surface area contributed by atoms with E-state index < -0.39 is 0 Å². The summed E-state index contributed by atoms with van der Waals surface area (Å²) >= 11 is 1.31. The van der Waals surface area contributed by atoms with Crippen LogP contribution in [0.15, 0.2) is 12.2 Å². The first-order valence-electron chi connectivity index (χ1n) is 6.43. The molecule has 0 aromatic carbocycles. The van der Waals surface area contributed by atoms with Crippen LogP contribution in [0.2, 0.25) is 0 Å². The maximum atomic E-state index is 12.4. The topological polar surface area (TPSA) is 71.2 Å². The highest BCUT2D eigenvalue weighted by molar-refractivity contribution is 7.18. The SMILES string of the molecule is C=C(C)CN(CC)C(=O)c1sc(NCCC)nc1N. The van der Waals surface area contributed by atoms with Gasteiger partial charge in [0.05, 0.1) is 0 Å². The van der Waals surface area contributed by atoms with E-state index in [2.05, 4.69) is 23.8 Å². The van der Waals surface area contributed by atoms with Gasteiger partial charge in [-0.1, -0.05) is 30.4 Å². The van der Waals surface area contributed by atoms with Crippen molar-refractivity contribution in [2.45, 2.75) is 27.2 Å². The van der Waals surface area contributed by atoms with Crippen molar-refractivity contribution in [1.82, 2.24) is 9.88 Å². The number of aromatic nitrogens is 1. The number of likely N-dealkylation sites (N-methyl/N-ethyl adjacent to an activating group) is 1. The molecule has 19 heavy (non-hydrogen) atoms. The molecule has 0 saturated heterocycles.